The quantitative estimate of drug-likeness (QED) is 0.780. The standard InChI is InChI=1S/C15H28N4/c1-5-18(6-2)9-10-19-13(4)15(12(3)17-19)11-16-14-7-8-14/h14,16H,5-11H2,1-4H3. The van der Waals surface area contributed by atoms with Crippen molar-refractivity contribution < 1.29 is 0 Å². The van der Waals surface area contributed by atoms with Crippen LogP contribution in [0.1, 0.15) is 43.6 Å². The van der Waals surface area contributed by atoms with Gasteiger partial charge in [0.15, 0.2) is 0 Å². The summed E-state index contributed by atoms with van der Waals surface area (Å²) >= 11 is 0. The molecule has 2 rings (SSSR count). The summed E-state index contributed by atoms with van der Waals surface area (Å²) in [5.74, 6) is 0. The van der Waals surface area contributed by atoms with Crippen LogP contribution in [-0.2, 0) is 13.1 Å². The first-order chi connectivity index (χ1) is 9.15. The van der Waals surface area contributed by atoms with Crippen LogP contribution in [0.15, 0.2) is 0 Å². The van der Waals surface area contributed by atoms with Gasteiger partial charge in [-0.15, -0.1) is 0 Å². The number of nitrogens with one attached hydrogen (secondary N) is 1. The van der Waals surface area contributed by atoms with Crippen LogP contribution in [0, 0.1) is 13.8 Å². The van der Waals surface area contributed by atoms with Gasteiger partial charge in [-0.05, 0) is 39.8 Å². The van der Waals surface area contributed by atoms with Crippen molar-refractivity contribution in [1.29, 1.82) is 0 Å². The maximum absolute atomic E-state index is 4.70. The second kappa shape index (κ2) is 6.53. The Morgan fingerprint density at radius 2 is 1.95 bits per heavy atom. The molecule has 0 spiro atoms. The van der Waals surface area contributed by atoms with Crippen molar-refractivity contribution in [2.45, 2.75) is 59.7 Å². The van der Waals surface area contributed by atoms with Gasteiger partial charge in [-0.25, -0.2) is 0 Å². The number of rotatable bonds is 8. The molecule has 1 saturated carbocycles. The normalized spacial score (nSPS) is 15.4. The molecule has 0 amide bonds. The smallest absolute Gasteiger partial charge is 0.0641 e. The van der Waals surface area contributed by atoms with Crippen LogP contribution in [0.5, 0.6) is 0 Å². The largest absolute Gasteiger partial charge is 0.310 e. The molecule has 0 radical (unpaired) electrons. The zero-order valence-corrected chi connectivity index (χ0v) is 12.9. The van der Waals surface area contributed by atoms with E-state index >= 15 is 0 Å². The Labute approximate surface area is 117 Å². The van der Waals surface area contributed by atoms with Gasteiger partial charge >= 0.3 is 0 Å². The molecule has 1 aromatic heterocycles. The van der Waals surface area contributed by atoms with Crippen LogP contribution in [0.25, 0.3) is 0 Å². The number of aryl methyl sites for hydroxylation is 1. The van der Waals surface area contributed by atoms with Crippen LogP contribution in [0.2, 0.25) is 0 Å². The number of hydrogen-bond acceptors (Lipinski definition) is 3. The van der Waals surface area contributed by atoms with E-state index in [2.05, 4.69) is 42.6 Å². The fourth-order valence-corrected chi connectivity index (χ4v) is 2.52. The van der Waals surface area contributed by atoms with Crippen LogP contribution in [0.4, 0.5) is 0 Å². The van der Waals surface area contributed by atoms with E-state index in [-0.39, 0.29) is 0 Å². The lowest BCUT2D eigenvalue weighted by Gasteiger charge is -2.18. The highest BCUT2D eigenvalue weighted by Crippen LogP contribution is 2.21. The summed E-state index contributed by atoms with van der Waals surface area (Å²) in [7, 11) is 0. The number of likely N-dealkylation sites (N-methyl/N-ethyl adjacent to an activating group) is 1. The van der Waals surface area contributed by atoms with Crippen molar-refractivity contribution >= 4 is 0 Å². The molecule has 1 N–H and O–H groups in total. The van der Waals surface area contributed by atoms with E-state index in [1.165, 1.54) is 29.8 Å². The second-order valence-corrected chi connectivity index (χ2v) is 5.55. The maximum Gasteiger partial charge on any atom is 0.0641 e. The van der Waals surface area contributed by atoms with Gasteiger partial charge in [0.1, 0.15) is 0 Å². The van der Waals surface area contributed by atoms with Gasteiger partial charge in [0, 0.05) is 30.4 Å². The van der Waals surface area contributed by atoms with Crippen LogP contribution >= 0.6 is 0 Å². The lowest BCUT2D eigenvalue weighted by Crippen LogP contribution is -2.27. The molecule has 0 saturated heterocycles. The van der Waals surface area contributed by atoms with Gasteiger partial charge < -0.3 is 10.2 Å². The molecule has 4 nitrogen and oxygen atoms in total. The van der Waals surface area contributed by atoms with Crippen LogP contribution < -0.4 is 5.32 Å². The predicted octanol–water partition coefficient (Wildman–Crippen LogP) is 2.09. The van der Waals surface area contributed by atoms with E-state index in [9.17, 15) is 0 Å². The lowest BCUT2D eigenvalue weighted by atomic mass is 10.2. The molecule has 1 fully saturated rings. The molecule has 1 aromatic rings. The highest BCUT2D eigenvalue weighted by Gasteiger charge is 2.21. The summed E-state index contributed by atoms with van der Waals surface area (Å²) in [4.78, 5) is 2.44. The molecule has 1 heterocycles. The minimum atomic E-state index is 0.762. The highest BCUT2D eigenvalue weighted by atomic mass is 15.3. The van der Waals surface area contributed by atoms with E-state index in [0.29, 0.717) is 0 Å². The molecular formula is C15H28N4. The SMILES string of the molecule is CCN(CC)CCn1nc(C)c(CNC2CC2)c1C. The van der Waals surface area contributed by atoms with Crippen molar-refractivity contribution in [2.75, 3.05) is 19.6 Å². The molecule has 0 atom stereocenters. The summed E-state index contributed by atoms with van der Waals surface area (Å²) in [6.07, 6.45) is 2.68. The van der Waals surface area contributed by atoms with Gasteiger partial charge in [0.2, 0.25) is 0 Å². The van der Waals surface area contributed by atoms with E-state index in [1.54, 1.807) is 0 Å². The Hall–Kier alpha value is -0.870. The zero-order valence-electron chi connectivity index (χ0n) is 12.9. The highest BCUT2D eigenvalue weighted by molar-refractivity contribution is 5.24. The van der Waals surface area contributed by atoms with Crippen LogP contribution in [0.3, 0.4) is 0 Å². The molecule has 0 aliphatic heterocycles. The van der Waals surface area contributed by atoms with Crippen LogP contribution in [-0.4, -0.2) is 40.4 Å². The predicted molar refractivity (Wildman–Crippen MR) is 79.4 cm³/mol. The monoisotopic (exact) mass is 264 g/mol. The average Bonchev–Trinajstić information content (AvgIpc) is 3.18. The third-order valence-corrected chi connectivity index (χ3v) is 4.20. The molecule has 19 heavy (non-hydrogen) atoms. The molecular weight excluding hydrogens is 236 g/mol. The van der Waals surface area contributed by atoms with Gasteiger partial charge in [-0.1, -0.05) is 13.8 Å². The third-order valence-electron chi connectivity index (χ3n) is 4.20. The Morgan fingerprint density at radius 1 is 1.26 bits per heavy atom. The summed E-state index contributed by atoms with van der Waals surface area (Å²) in [5.41, 5.74) is 3.91. The molecule has 1 aliphatic rings. The summed E-state index contributed by atoms with van der Waals surface area (Å²) in [5, 5.41) is 8.29. The van der Waals surface area contributed by atoms with E-state index < -0.39 is 0 Å². The molecule has 0 aromatic carbocycles. The maximum atomic E-state index is 4.70. The first-order valence-electron chi connectivity index (χ1n) is 7.64. The zero-order chi connectivity index (χ0) is 13.8. The number of nitrogens with zero attached hydrogens (tertiary/aromatic N) is 3. The lowest BCUT2D eigenvalue weighted by molar-refractivity contribution is 0.284. The molecule has 0 bridgehead atoms. The van der Waals surface area contributed by atoms with Crippen molar-refractivity contribution in [1.82, 2.24) is 20.0 Å². The minimum absolute atomic E-state index is 0.762. The van der Waals surface area contributed by atoms with Gasteiger partial charge in [0.05, 0.1) is 12.2 Å². The Kier molecular flexibility index (Phi) is 4.99. The average molecular weight is 264 g/mol. The van der Waals surface area contributed by atoms with Crippen molar-refractivity contribution in [3.63, 3.8) is 0 Å². The van der Waals surface area contributed by atoms with Crippen molar-refractivity contribution in [2.24, 2.45) is 0 Å². The number of aromatic nitrogens is 2. The second-order valence-electron chi connectivity index (χ2n) is 5.55. The Balaban J connectivity index is 1.94. The fourth-order valence-electron chi connectivity index (χ4n) is 2.52. The van der Waals surface area contributed by atoms with E-state index in [0.717, 1.165) is 38.8 Å². The summed E-state index contributed by atoms with van der Waals surface area (Å²) in [6.45, 7) is 14.1. The summed E-state index contributed by atoms with van der Waals surface area (Å²) in [6, 6.07) is 0.762. The third kappa shape index (κ3) is 3.80. The number of hydrogen-bond donors (Lipinski definition) is 1. The molecule has 1 aliphatic carbocycles. The van der Waals surface area contributed by atoms with Crippen molar-refractivity contribution in [3.05, 3.63) is 17.0 Å². The summed E-state index contributed by atoms with van der Waals surface area (Å²) < 4.78 is 2.18. The molecule has 0 unspecified atom stereocenters. The molecule has 4 heteroatoms. The fraction of sp³-hybridized carbons (Fsp3) is 0.800. The Bertz CT molecular complexity index is 403. The van der Waals surface area contributed by atoms with E-state index in [4.69, 9.17) is 5.10 Å². The van der Waals surface area contributed by atoms with E-state index in [1.807, 2.05) is 0 Å². The Morgan fingerprint density at radius 3 is 2.53 bits per heavy atom. The van der Waals surface area contributed by atoms with Crippen molar-refractivity contribution in [3.8, 4) is 0 Å². The van der Waals surface area contributed by atoms with Gasteiger partial charge in [0.25, 0.3) is 0 Å². The van der Waals surface area contributed by atoms with Gasteiger partial charge in [-0.2, -0.15) is 5.10 Å². The first-order valence-corrected chi connectivity index (χ1v) is 7.64. The van der Waals surface area contributed by atoms with Gasteiger partial charge in [-0.3, -0.25) is 4.68 Å². The topological polar surface area (TPSA) is 33.1 Å². The molecule has 108 valence electrons. The first kappa shape index (κ1) is 14.5. The minimum Gasteiger partial charge on any atom is -0.310 e.